The zero-order chi connectivity index (χ0) is 23.7. The van der Waals surface area contributed by atoms with E-state index in [1.807, 2.05) is 78.9 Å². The normalized spacial score (nSPS) is 23.9. The van der Waals surface area contributed by atoms with E-state index >= 15 is 0 Å². The molecule has 0 N–H and O–H groups in total. The average molecular weight is 533 g/mol. The van der Waals surface area contributed by atoms with Gasteiger partial charge in [-0.05, 0) is 48.2 Å². The third-order valence-electron chi connectivity index (χ3n) is 6.23. The van der Waals surface area contributed by atoms with Crippen LogP contribution >= 0.6 is 27.7 Å². The molecule has 0 radical (unpaired) electrons. The first-order valence-electron chi connectivity index (χ1n) is 10.9. The summed E-state index contributed by atoms with van der Waals surface area (Å²) in [5, 5.41) is 5.45. The Bertz CT molecular complexity index is 1320. The molecule has 5 nitrogen and oxygen atoms in total. The molecule has 7 heteroatoms. The Kier molecular flexibility index (Phi) is 6.23. The lowest BCUT2D eigenvalue weighted by atomic mass is 9.62. The molecule has 1 fully saturated rings. The van der Waals surface area contributed by atoms with Crippen LogP contribution in [0.25, 0.3) is 0 Å². The van der Waals surface area contributed by atoms with Gasteiger partial charge in [-0.1, -0.05) is 87.4 Å². The zero-order valence-corrected chi connectivity index (χ0v) is 20.8. The molecule has 3 aromatic rings. The zero-order valence-electron chi connectivity index (χ0n) is 18.4. The lowest BCUT2D eigenvalue weighted by molar-refractivity contribution is -0.140. The summed E-state index contributed by atoms with van der Waals surface area (Å²) < 4.78 is 0.951. The number of halogens is 1. The third-order valence-corrected chi connectivity index (χ3v) is 7.93. The molecule has 0 saturated carbocycles. The van der Waals surface area contributed by atoms with Gasteiger partial charge < -0.3 is 4.84 Å². The number of nitrogens with zero attached hydrogens (tertiary/aromatic N) is 2. The topological polar surface area (TPSA) is 68.1 Å². The second kappa shape index (κ2) is 9.31. The highest BCUT2D eigenvalue weighted by molar-refractivity contribution is 9.10. The van der Waals surface area contributed by atoms with Gasteiger partial charge in [-0.2, -0.15) is 0 Å². The highest BCUT2D eigenvalue weighted by Crippen LogP contribution is 2.57. The van der Waals surface area contributed by atoms with Crippen LogP contribution in [0.15, 0.2) is 93.5 Å². The summed E-state index contributed by atoms with van der Waals surface area (Å²) in [6.45, 7) is 1.32. The van der Waals surface area contributed by atoms with Crippen molar-refractivity contribution in [2.45, 2.75) is 25.7 Å². The largest absolute Gasteiger partial charge is 0.332 e. The summed E-state index contributed by atoms with van der Waals surface area (Å²) in [5.41, 5.74) is 2.51. The minimum Gasteiger partial charge on any atom is -0.318 e. The number of hydrogen-bond acceptors (Lipinski definition) is 6. The molecule has 2 atom stereocenters. The van der Waals surface area contributed by atoms with Crippen LogP contribution < -0.4 is 0 Å². The first kappa shape index (κ1) is 22.7. The molecule has 2 aliphatic rings. The van der Waals surface area contributed by atoms with Crippen molar-refractivity contribution in [3.05, 3.63) is 100 Å². The number of rotatable bonds is 3. The molecule has 34 heavy (non-hydrogen) atoms. The SMILES string of the molecule is CC(=O)O/N=C1\SC(=Nc2ccc(Br)cc2)[C@@]2(CCc3ccccc3C2=O)[C@@H]1c1ccccc1. The Morgan fingerprint density at radius 3 is 2.47 bits per heavy atom. The number of Topliss-reactive ketones (excluding diaryl/α,β-unsaturated/α-hetero) is 1. The Morgan fingerprint density at radius 2 is 1.74 bits per heavy atom. The molecule has 1 spiro atoms. The van der Waals surface area contributed by atoms with Gasteiger partial charge in [0.15, 0.2) is 5.78 Å². The fourth-order valence-electron chi connectivity index (χ4n) is 4.72. The molecule has 1 aliphatic carbocycles. The number of ketones is 1. The van der Waals surface area contributed by atoms with Crippen LogP contribution in [0.2, 0.25) is 0 Å². The van der Waals surface area contributed by atoms with Crippen LogP contribution in [0.3, 0.4) is 0 Å². The van der Waals surface area contributed by atoms with E-state index in [0.717, 1.165) is 27.7 Å². The summed E-state index contributed by atoms with van der Waals surface area (Å²) in [6.07, 6.45) is 1.33. The van der Waals surface area contributed by atoms with E-state index in [1.54, 1.807) is 0 Å². The van der Waals surface area contributed by atoms with Crippen molar-refractivity contribution in [2.24, 2.45) is 15.6 Å². The van der Waals surface area contributed by atoms with Crippen LogP contribution in [0.4, 0.5) is 5.69 Å². The highest BCUT2D eigenvalue weighted by Gasteiger charge is 2.59. The number of oxime groups is 1. The van der Waals surface area contributed by atoms with Crippen molar-refractivity contribution in [1.29, 1.82) is 0 Å². The number of hydrogen-bond donors (Lipinski definition) is 0. The first-order valence-corrected chi connectivity index (χ1v) is 12.6. The van der Waals surface area contributed by atoms with E-state index < -0.39 is 17.3 Å². The van der Waals surface area contributed by atoms with Gasteiger partial charge in [0, 0.05) is 17.0 Å². The van der Waals surface area contributed by atoms with Gasteiger partial charge in [0.05, 0.1) is 22.1 Å². The molecular formula is C27H21BrN2O3S. The van der Waals surface area contributed by atoms with E-state index in [9.17, 15) is 9.59 Å². The molecule has 3 aromatic carbocycles. The van der Waals surface area contributed by atoms with Gasteiger partial charge in [-0.25, -0.2) is 9.79 Å². The number of benzene rings is 3. The number of aryl methyl sites for hydroxylation is 1. The lowest BCUT2D eigenvalue weighted by Gasteiger charge is -2.37. The summed E-state index contributed by atoms with van der Waals surface area (Å²) in [7, 11) is 0. The summed E-state index contributed by atoms with van der Waals surface area (Å²) in [6, 6.07) is 25.2. The molecule has 1 aliphatic heterocycles. The van der Waals surface area contributed by atoms with E-state index in [-0.39, 0.29) is 5.78 Å². The Morgan fingerprint density at radius 1 is 1.03 bits per heavy atom. The molecule has 1 heterocycles. The maximum Gasteiger partial charge on any atom is 0.332 e. The monoisotopic (exact) mass is 532 g/mol. The molecule has 170 valence electrons. The average Bonchev–Trinajstić information content (AvgIpc) is 3.15. The van der Waals surface area contributed by atoms with Gasteiger partial charge in [0.2, 0.25) is 0 Å². The van der Waals surface area contributed by atoms with E-state index in [2.05, 4.69) is 21.1 Å². The third kappa shape index (κ3) is 4.03. The summed E-state index contributed by atoms with van der Waals surface area (Å²) in [5.74, 6) is -0.889. The Balaban J connectivity index is 1.74. The predicted octanol–water partition coefficient (Wildman–Crippen LogP) is 6.70. The fraction of sp³-hybridized carbons (Fsp3) is 0.185. The van der Waals surface area contributed by atoms with E-state index in [4.69, 9.17) is 9.83 Å². The second-order valence-corrected chi connectivity index (χ2v) is 10.2. The maximum absolute atomic E-state index is 14.3. The molecule has 0 unspecified atom stereocenters. The van der Waals surface area contributed by atoms with Crippen molar-refractivity contribution in [3.63, 3.8) is 0 Å². The fourth-order valence-corrected chi connectivity index (χ4v) is 6.35. The Labute approximate surface area is 210 Å². The second-order valence-electron chi connectivity index (χ2n) is 8.31. The summed E-state index contributed by atoms with van der Waals surface area (Å²) >= 11 is 4.79. The van der Waals surface area contributed by atoms with Crippen molar-refractivity contribution in [2.75, 3.05) is 0 Å². The number of thioether (sulfide) groups is 1. The molecule has 0 amide bonds. The van der Waals surface area contributed by atoms with E-state index in [1.165, 1.54) is 18.7 Å². The summed E-state index contributed by atoms with van der Waals surface area (Å²) in [4.78, 5) is 36.0. The smallest absolute Gasteiger partial charge is 0.318 e. The lowest BCUT2D eigenvalue weighted by Crippen LogP contribution is -2.44. The van der Waals surface area contributed by atoms with Gasteiger partial charge in [-0.15, -0.1) is 0 Å². The number of fused-ring (bicyclic) bond motifs is 1. The molecule has 0 aromatic heterocycles. The first-order chi connectivity index (χ1) is 16.5. The number of aliphatic imine (C=N–C) groups is 1. The van der Waals surface area contributed by atoms with E-state index in [0.29, 0.717) is 22.1 Å². The van der Waals surface area contributed by atoms with Crippen molar-refractivity contribution < 1.29 is 14.4 Å². The molecule has 1 saturated heterocycles. The number of carbonyl (C=O) groups is 2. The van der Waals surface area contributed by atoms with Crippen LogP contribution in [0, 0.1) is 5.41 Å². The molecule has 0 bridgehead atoms. The van der Waals surface area contributed by atoms with Crippen LogP contribution in [0.5, 0.6) is 0 Å². The highest BCUT2D eigenvalue weighted by atomic mass is 79.9. The van der Waals surface area contributed by atoms with Crippen LogP contribution in [-0.2, 0) is 16.1 Å². The van der Waals surface area contributed by atoms with Gasteiger partial charge >= 0.3 is 5.97 Å². The Hall–Kier alpha value is -3.03. The molecule has 5 rings (SSSR count). The minimum absolute atomic E-state index is 0.0274. The minimum atomic E-state index is -0.938. The van der Waals surface area contributed by atoms with Gasteiger partial charge in [0.25, 0.3) is 0 Å². The maximum atomic E-state index is 14.3. The van der Waals surface area contributed by atoms with Gasteiger partial charge in [0.1, 0.15) is 5.04 Å². The predicted molar refractivity (Wildman–Crippen MR) is 139 cm³/mol. The van der Waals surface area contributed by atoms with Crippen molar-refractivity contribution in [1.82, 2.24) is 0 Å². The van der Waals surface area contributed by atoms with Crippen LogP contribution in [0.1, 0.15) is 40.7 Å². The number of carbonyl (C=O) groups excluding carboxylic acids is 2. The van der Waals surface area contributed by atoms with Gasteiger partial charge in [-0.3, -0.25) is 4.79 Å². The van der Waals surface area contributed by atoms with Crippen molar-refractivity contribution >= 4 is 55.2 Å². The van der Waals surface area contributed by atoms with Crippen LogP contribution in [-0.4, -0.2) is 21.8 Å². The molecular weight excluding hydrogens is 512 g/mol. The van der Waals surface area contributed by atoms with Crippen molar-refractivity contribution in [3.8, 4) is 0 Å². The quantitative estimate of drug-likeness (QED) is 0.278. The standard InChI is InChI=1S/C27H21BrN2O3S/c1-17(31)33-30-25-23(19-8-3-2-4-9-19)27(16-15-18-7-5-6-10-22(18)24(27)32)26(34-25)29-21-13-11-20(28)12-14-21/h2-14,23H,15-16H2,1H3/b29-26?,30-25-/t23-,27+/m1/s1.